The molecule has 3 heterocycles. The van der Waals surface area contributed by atoms with Crippen molar-refractivity contribution in [2.24, 2.45) is 0 Å². The van der Waals surface area contributed by atoms with Crippen LogP contribution in [0.2, 0.25) is 0 Å². The van der Waals surface area contributed by atoms with Crippen molar-refractivity contribution < 1.29 is 9.53 Å². The van der Waals surface area contributed by atoms with Gasteiger partial charge in [-0.2, -0.15) is 0 Å². The number of hydrogen-bond donors (Lipinski definition) is 1. The van der Waals surface area contributed by atoms with Crippen molar-refractivity contribution in [3.05, 3.63) is 35.0 Å². The monoisotopic (exact) mass is 369 g/mol. The molecule has 5 heteroatoms. The number of aromatic nitrogens is 1. The molecule has 27 heavy (non-hydrogen) atoms. The lowest BCUT2D eigenvalue weighted by Gasteiger charge is -2.37. The molecule has 0 radical (unpaired) electrons. The molecule has 4 rings (SSSR count). The quantitative estimate of drug-likeness (QED) is 0.897. The Morgan fingerprint density at radius 1 is 1.19 bits per heavy atom. The molecule has 2 fully saturated rings. The minimum Gasteiger partial charge on any atom is -0.379 e. The number of aryl methyl sites for hydroxylation is 2. The fourth-order valence-electron chi connectivity index (χ4n) is 4.52. The van der Waals surface area contributed by atoms with Crippen molar-refractivity contribution in [3.8, 4) is 0 Å². The first-order valence-corrected chi connectivity index (χ1v) is 10.3. The van der Waals surface area contributed by atoms with E-state index in [0.29, 0.717) is 6.04 Å². The van der Waals surface area contributed by atoms with Gasteiger partial charge >= 0.3 is 0 Å². The second kappa shape index (κ2) is 8.03. The number of hydrogen-bond acceptors (Lipinski definition) is 3. The van der Waals surface area contributed by atoms with E-state index >= 15 is 0 Å². The molecule has 2 aliphatic rings. The third-order valence-electron chi connectivity index (χ3n) is 6.20. The molecule has 2 aliphatic heterocycles. The lowest BCUT2D eigenvalue weighted by molar-refractivity contribution is 0.0295. The van der Waals surface area contributed by atoms with Crippen LogP contribution in [0, 0.1) is 13.8 Å². The highest BCUT2D eigenvalue weighted by atomic mass is 16.5. The van der Waals surface area contributed by atoms with E-state index in [1.165, 1.54) is 17.4 Å². The average molecular weight is 370 g/mol. The summed E-state index contributed by atoms with van der Waals surface area (Å²) in [5.41, 5.74) is 4.14. The number of piperidine rings is 1. The zero-order valence-electron chi connectivity index (χ0n) is 16.6. The topological polar surface area (TPSA) is 48.6 Å². The molecule has 1 amide bonds. The highest BCUT2D eigenvalue weighted by Gasteiger charge is 2.30. The number of nitrogens with one attached hydrogen (secondary N) is 1. The maximum Gasteiger partial charge on any atom is 0.270 e. The summed E-state index contributed by atoms with van der Waals surface area (Å²) in [5, 5.41) is 1.17. The number of fused-ring (bicyclic) bond motifs is 1. The second-order valence-corrected chi connectivity index (χ2v) is 8.06. The molecule has 146 valence electrons. The molecule has 0 saturated carbocycles. The Labute approximate surface area is 161 Å². The smallest absolute Gasteiger partial charge is 0.270 e. The number of carbonyl (C=O) groups is 1. The normalized spacial score (nSPS) is 21.7. The third-order valence-corrected chi connectivity index (χ3v) is 6.20. The summed E-state index contributed by atoms with van der Waals surface area (Å²) in [6.07, 6.45) is 4.51. The lowest BCUT2D eigenvalue weighted by atomic mass is 9.98. The van der Waals surface area contributed by atoms with E-state index in [2.05, 4.69) is 46.8 Å². The summed E-state index contributed by atoms with van der Waals surface area (Å²) in [6, 6.07) is 6.70. The van der Waals surface area contributed by atoms with Crippen molar-refractivity contribution in [2.75, 3.05) is 39.4 Å². The molecular weight excluding hydrogens is 338 g/mol. The average Bonchev–Trinajstić information content (AvgIpc) is 3.03. The predicted molar refractivity (Wildman–Crippen MR) is 108 cm³/mol. The summed E-state index contributed by atoms with van der Waals surface area (Å²) >= 11 is 0. The predicted octanol–water partition coefficient (Wildman–Crippen LogP) is 3.50. The molecular formula is C22H31N3O2. The largest absolute Gasteiger partial charge is 0.379 e. The Bertz CT molecular complexity index is 807. The Kier molecular flexibility index (Phi) is 5.50. The molecule has 2 aromatic rings. The van der Waals surface area contributed by atoms with Gasteiger partial charge in [0.05, 0.1) is 13.2 Å². The fourth-order valence-corrected chi connectivity index (χ4v) is 4.52. The number of H-pyrrole nitrogens is 1. The number of carbonyl (C=O) groups excluding carboxylic acids is 1. The van der Waals surface area contributed by atoms with Crippen molar-refractivity contribution >= 4 is 16.8 Å². The summed E-state index contributed by atoms with van der Waals surface area (Å²) in [5.74, 6) is 0.174. The first-order chi connectivity index (χ1) is 13.1. The van der Waals surface area contributed by atoms with E-state index < -0.39 is 0 Å². The van der Waals surface area contributed by atoms with Gasteiger partial charge in [-0.25, -0.2) is 0 Å². The van der Waals surface area contributed by atoms with Crippen LogP contribution in [0.1, 0.15) is 47.3 Å². The van der Waals surface area contributed by atoms with Crippen LogP contribution in [0.4, 0.5) is 0 Å². The standard InChI is InChI=1S/C22H31N3O2/c1-16-6-7-20-19(15-16)17(2)21(23-20)22(26)25-9-4-3-5-18(25)8-10-24-11-13-27-14-12-24/h6-7,15,18,23H,3-5,8-14H2,1-2H3/t18-/m0/s1. The maximum absolute atomic E-state index is 13.4. The highest BCUT2D eigenvalue weighted by molar-refractivity contribution is 6.01. The van der Waals surface area contributed by atoms with E-state index in [1.54, 1.807) is 0 Å². The van der Waals surface area contributed by atoms with Crippen molar-refractivity contribution in [3.63, 3.8) is 0 Å². The number of likely N-dealkylation sites (tertiary alicyclic amines) is 1. The molecule has 2 saturated heterocycles. The summed E-state index contributed by atoms with van der Waals surface area (Å²) in [4.78, 5) is 21.4. The van der Waals surface area contributed by atoms with E-state index in [1.807, 2.05) is 0 Å². The van der Waals surface area contributed by atoms with Crippen LogP contribution in [0.5, 0.6) is 0 Å². The van der Waals surface area contributed by atoms with Gasteiger partial charge in [0.25, 0.3) is 5.91 Å². The van der Waals surface area contributed by atoms with Gasteiger partial charge in [-0.05, 0) is 57.2 Å². The summed E-state index contributed by atoms with van der Waals surface area (Å²) in [6.45, 7) is 9.80. The van der Waals surface area contributed by atoms with Gasteiger partial charge in [-0.3, -0.25) is 9.69 Å². The van der Waals surface area contributed by atoms with Crippen LogP contribution in [-0.4, -0.2) is 66.1 Å². The minimum absolute atomic E-state index is 0.174. The SMILES string of the molecule is Cc1ccc2[nH]c(C(=O)N3CCCC[C@H]3CCN3CCOCC3)c(C)c2c1. The summed E-state index contributed by atoms with van der Waals surface area (Å²) in [7, 11) is 0. The molecule has 1 N–H and O–H groups in total. The van der Waals surface area contributed by atoms with E-state index in [4.69, 9.17) is 4.74 Å². The maximum atomic E-state index is 13.4. The molecule has 0 bridgehead atoms. The van der Waals surface area contributed by atoms with E-state index in [0.717, 1.165) is 75.4 Å². The van der Waals surface area contributed by atoms with Crippen molar-refractivity contribution in [1.82, 2.24) is 14.8 Å². The van der Waals surface area contributed by atoms with Gasteiger partial charge in [0.1, 0.15) is 5.69 Å². The van der Waals surface area contributed by atoms with E-state index in [-0.39, 0.29) is 5.91 Å². The van der Waals surface area contributed by atoms with E-state index in [9.17, 15) is 4.79 Å². The van der Waals surface area contributed by atoms with Crippen LogP contribution < -0.4 is 0 Å². The number of benzene rings is 1. The third kappa shape index (κ3) is 3.90. The zero-order valence-corrected chi connectivity index (χ0v) is 16.6. The molecule has 1 aromatic heterocycles. The van der Waals surface area contributed by atoms with Crippen molar-refractivity contribution in [2.45, 2.75) is 45.6 Å². The Balaban J connectivity index is 1.51. The zero-order chi connectivity index (χ0) is 18.8. The van der Waals surface area contributed by atoms with Gasteiger partial charge in [-0.1, -0.05) is 11.6 Å². The van der Waals surface area contributed by atoms with Gasteiger partial charge in [0.2, 0.25) is 0 Å². The van der Waals surface area contributed by atoms with Gasteiger partial charge in [0.15, 0.2) is 0 Å². The van der Waals surface area contributed by atoms with Gasteiger partial charge in [0, 0.05) is 43.1 Å². The second-order valence-electron chi connectivity index (χ2n) is 8.06. The van der Waals surface area contributed by atoms with Gasteiger partial charge in [-0.15, -0.1) is 0 Å². The summed E-state index contributed by atoms with van der Waals surface area (Å²) < 4.78 is 5.45. The minimum atomic E-state index is 0.174. The van der Waals surface area contributed by atoms with Crippen LogP contribution in [0.3, 0.4) is 0 Å². The van der Waals surface area contributed by atoms with Gasteiger partial charge < -0.3 is 14.6 Å². The molecule has 0 spiro atoms. The number of amides is 1. The number of morpholine rings is 1. The Hall–Kier alpha value is -1.85. The van der Waals surface area contributed by atoms with Crippen LogP contribution in [0.25, 0.3) is 10.9 Å². The molecule has 0 aliphatic carbocycles. The van der Waals surface area contributed by atoms with Crippen LogP contribution in [-0.2, 0) is 4.74 Å². The molecule has 5 nitrogen and oxygen atoms in total. The fraction of sp³-hybridized carbons (Fsp3) is 0.591. The first kappa shape index (κ1) is 18.5. The highest BCUT2D eigenvalue weighted by Crippen LogP contribution is 2.27. The first-order valence-electron chi connectivity index (χ1n) is 10.3. The molecule has 1 atom stereocenters. The van der Waals surface area contributed by atoms with Crippen molar-refractivity contribution in [1.29, 1.82) is 0 Å². The number of aromatic amines is 1. The van der Waals surface area contributed by atoms with Crippen LogP contribution >= 0.6 is 0 Å². The number of ether oxygens (including phenoxy) is 1. The molecule has 0 unspecified atom stereocenters. The van der Waals surface area contributed by atoms with Crippen LogP contribution in [0.15, 0.2) is 18.2 Å². The molecule has 1 aromatic carbocycles. The number of rotatable bonds is 4. The Morgan fingerprint density at radius 3 is 2.81 bits per heavy atom. The number of nitrogens with zero attached hydrogens (tertiary/aromatic N) is 2. The lowest BCUT2D eigenvalue weighted by Crippen LogP contribution is -2.46. The Morgan fingerprint density at radius 2 is 2.00 bits per heavy atom.